The van der Waals surface area contributed by atoms with Crippen LogP contribution in [0.5, 0.6) is 0 Å². The molecular weight excluding hydrogens is 200 g/mol. The van der Waals surface area contributed by atoms with Gasteiger partial charge in [-0.15, -0.1) is 0 Å². The van der Waals surface area contributed by atoms with Crippen LogP contribution in [-0.4, -0.2) is 26.8 Å². The van der Waals surface area contributed by atoms with Gasteiger partial charge < -0.3 is 5.73 Å². The zero-order valence-electron chi connectivity index (χ0n) is 10.5. The topological polar surface area (TPSA) is 47.1 Å². The molecule has 0 aromatic carbocycles. The lowest BCUT2D eigenvalue weighted by Gasteiger charge is -2.38. The largest absolute Gasteiger partial charge is 0.384 e. The van der Waals surface area contributed by atoms with Crippen LogP contribution in [0.3, 0.4) is 0 Å². The Balaban J connectivity index is 2.07. The summed E-state index contributed by atoms with van der Waals surface area (Å²) in [5, 5.41) is 4.42. The molecule has 1 aliphatic heterocycles. The predicted molar refractivity (Wildman–Crippen MR) is 65.9 cm³/mol. The second-order valence-corrected chi connectivity index (χ2v) is 4.99. The Hall–Kier alpha value is -1.03. The van der Waals surface area contributed by atoms with Gasteiger partial charge in [-0.2, -0.15) is 5.10 Å². The first kappa shape index (κ1) is 11.5. The van der Waals surface area contributed by atoms with Gasteiger partial charge in [0.1, 0.15) is 5.82 Å². The van der Waals surface area contributed by atoms with Crippen molar-refractivity contribution in [3.63, 3.8) is 0 Å². The van der Waals surface area contributed by atoms with Gasteiger partial charge in [-0.1, -0.05) is 6.42 Å². The molecule has 0 aliphatic carbocycles. The van der Waals surface area contributed by atoms with E-state index in [2.05, 4.69) is 23.8 Å². The highest BCUT2D eigenvalue weighted by Gasteiger charge is 2.25. The average molecular weight is 222 g/mol. The zero-order valence-corrected chi connectivity index (χ0v) is 10.5. The van der Waals surface area contributed by atoms with E-state index in [9.17, 15) is 0 Å². The SMILES string of the molecule is CC1CCCC(C)N1Cc1cc(N)n(C)n1. The summed E-state index contributed by atoms with van der Waals surface area (Å²) in [5.74, 6) is 0.743. The number of anilines is 1. The van der Waals surface area contributed by atoms with Crippen LogP contribution in [-0.2, 0) is 13.6 Å². The van der Waals surface area contributed by atoms with E-state index in [1.54, 1.807) is 4.68 Å². The summed E-state index contributed by atoms with van der Waals surface area (Å²) in [4.78, 5) is 2.53. The van der Waals surface area contributed by atoms with Crippen molar-refractivity contribution in [3.8, 4) is 0 Å². The molecule has 4 heteroatoms. The molecule has 0 bridgehead atoms. The molecule has 1 aromatic heterocycles. The minimum Gasteiger partial charge on any atom is -0.384 e. The number of aryl methyl sites for hydroxylation is 1. The third kappa shape index (κ3) is 2.21. The molecular formula is C12H22N4. The molecule has 2 unspecified atom stereocenters. The van der Waals surface area contributed by atoms with Crippen LogP contribution in [0.4, 0.5) is 5.82 Å². The lowest BCUT2D eigenvalue weighted by Crippen LogP contribution is -2.43. The van der Waals surface area contributed by atoms with Gasteiger partial charge in [0.05, 0.1) is 5.69 Å². The van der Waals surface area contributed by atoms with Gasteiger partial charge in [0.15, 0.2) is 0 Å². The van der Waals surface area contributed by atoms with Crippen molar-refractivity contribution in [2.24, 2.45) is 7.05 Å². The Kier molecular flexibility index (Phi) is 3.19. The normalized spacial score (nSPS) is 27.2. The number of piperidine rings is 1. The molecule has 0 amide bonds. The Morgan fingerprint density at radius 3 is 2.50 bits per heavy atom. The number of rotatable bonds is 2. The fourth-order valence-corrected chi connectivity index (χ4v) is 2.59. The Bertz CT molecular complexity index is 328. The third-order valence-corrected chi connectivity index (χ3v) is 3.69. The molecule has 0 saturated carbocycles. The maximum absolute atomic E-state index is 5.80. The van der Waals surface area contributed by atoms with Crippen molar-refractivity contribution in [2.45, 2.75) is 51.7 Å². The highest BCUT2D eigenvalue weighted by atomic mass is 15.3. The van der Waals surface area contributed by atoms with E-state index in [-0.39, 0.29) is 0 Å². The molecule has 2 rings (SSSR count). The van der Waals surface area contributed by atoms with Crippen LogP contribution in [0.25, 0.3) is 0 Å². The number of nitrogens with zero attached hydrogens (tertiary/aromatic N) is 3. The maximum Gasteiger partial charge on any atom is 0.121 e. The van der Waals surface area contributed by atoms with Gasteiger partial charge in [0, 0.05) is 31.7 Å². The fourth-order valence-electron chi connectivity index (χ4n) is 2.59. The van der Waals surface area contributed by atoms with Crippen molar-refractivity contribution in [3.05, 3.63) is 11.8 Å². The quantitative estimate of drug-likeness (QED) is 0.829. The van der Waals surface area contributed by atoms with E-state index in [1.807, 2.05) is 13.1 Å². The van der Waals surface area contributed by atoms with Crippen molar-refractivity contribution in [1.29, 1.82) is 0 Å². The summed E-state index contributed by atoms with van der Waals surface area (Å²) in [6.45, 7) is 5.54. The van der Waals surface area contributed by atoms with Gasteiger partial charge in [0.25, 0.3) is 0 Å². The number of likely N-dealkylation sites (tertiary alicyclic amines) is 1. The predicted octanol–water partition coefficient (Wildman–Crippen LogP) is 1.77. The summed E-state index contributed by atoms with van der Waals surface area (Å²) < 4.78 is 1.74. The molecule has 16 heavy (non-hydrogen) atoms. The summed E-state index contributed by atoms with van der Waals surface area (Å²) in [5.41, 5.74) is 6.88. The van der Waals surface area contributed by atoms with Crippen molar-refractivity contribution in [2.75, 3.05) is 5.73 Å². The third-order valence-electron chi connectivity index (χ3n) is 3.69. The molecule has 0 radical (unpaired) electrons. The Labute approximate surface area is 97.4 Å². The average Bonchev–Trinajstić information content (AvgIpc) is 2.53. The monoisotopic (exact) mass is 222 g/mol. The number of nitrogens with two attached hydrogens (primary N) is 1. The Morgan fingerprint density at radius 1 is 1.38 bits per heavy atom. The fraction of sp³-hybridized carbons (Fsp3) is 0.750. The second-order valence-electron chi connectivity index (χ2n) is 4.99. The molecule has 1 fully saturated rings. The van der Waals surface area contributed by atoms with Gasteiger partial charge in [0.2, 0.25) is 0 Å². The van der Waals surface area contributed by atoms with Crippen LogP contribution >= 0.6 is 0 Å². The van der Waals surface area contributed by atoms with Crippen LogP contribution in [0.15, 0.2) is 6.07 Å². The highest BCUT2D eigenvalue weighted by Crippen LogP contribution is 2.24. The summed E-state index contributed by atoms with van der Waals surface area (Å²) in [7, 11) is 1.89. The number of nitrogen functional groups attached to an aromatic ring is 1. The summed E-state index contributed by atoms with van der Waals surface area (Å²) >= 11 is 0. The standard InChI is InChI=1S/C12H22N4/c1-9-5-4-6-10(2)16(9)8-11-7-12(13)15(3)14-11/h7,9-10H,4-6,8,13H2,1-3H3. The van der Waals surface area contributed by atoms with Gasteiger partial charge in [-0.3, -0.25) is 9.58 Å². The number of hydrogen-bond donors (Lipinski definition) is 1. The van der Waals surface area contributed by atoms with Crippen LogP contribution in [0, 0.1) is 0 Å². The lowest BCUT2D eigenvalue weighted by molar-refractivity contribution is 0.0936. The van der Waals surface area contributed by atoms with Crippen LogP contribution in [0.1, 0.15) is 38.8 Å². The van der Waals surface area contributed by atoms with Gasteiger partial charge in [-0.05, 0) is 26.7 Å². The Morgan fingerprint density at radius 2 is 2.00 bits per heavy atom. The molecule has 1 saturated heterocycles. The summed E-state index contributed by atoms with van der Waals surface area (Å²) in [6, 6.07) is 3.30. The first-order chi connectivity index (χ1) is 7.58. The van der Waals surface area contributed by atoms with E-state index in [4.69, 9.17) is 5.73 Å². The molecule has 2 heterocycles. The highest BCUT2D eigenvalue weighted by molar-refractivity contribution is 5.30. The maximum atomic E-state index is 5.80. The minimum absolute atomic E-state index is 0.659. The van der Waals surface area contributed by atoms with Crippen LogP contribution in [0.2, 0.25) is 0 Å². The molecule has 90 valence electrons. The minimum atomic E-state index is 0.659. The molecule has 0 spiro atoms. The molecule has 1 aromatic rings. The summed E-state index contributed by atoms with van der Waals surface area (Å²) in [6.07, 6.45) is 3.95. The molecule has 1 aliphatic rings. The van der Waals surface area contributed by atoms with Gasteiger partial charge >= 0.3 is 0 Å². The van der Waals surface area contributed by atoms with Crippen molar-refractivity contribution < 1.29 is 0 Å². The van der Waals surface area contributed by atoms with Crippen molar-refractivity contribution >= 4 is 5.82 Å². The first-order valence-corrected chi connectivity index (χ1v) is 6.12. The second kappa shape index (κ2) is 4.45. The number of aromatic nitrogens is 2. The van der Waals surface area contributed by atoms with Crippen LogP contribution < -0.4 is 5.73 Å². The lowest BCUT2D eigenvalue weighted by atomic mass is 9.97. The van der Waals surface area contributed by atoms with E-state index in [1.165, 1.54) is 19.3 Å². The number of hydrogen-bond acceptors (Lipinski definition) is 3. The molecule has 4 nitrogen and oxygen atoms in total. The van der Waals surface area contributed by atoms with Crippen molar-refractivity contribution in [1.82, 2.24) is 14.7 Å². The van der Waals surface area contributed by atoms with E-state index in [0.29, 0.717) is 12.1 Å². The smallest absolute Gasteiger partial charge is 0.121 e. The first-order valence-electron chi connectivity index (χ1n) is 6.12. The van der Waals surface area contributed by atoms with E-state index >= 15 is 0 Å². The van der Waals surface area contributed by atoms with E-state index < -0.39 is 0 Å². The van der Waals surface area contributed by atoms with E-state index in [0.717, 1.165) is 18.1 Å². The molecule has 2 atom stereocenters. The molecule has 2 N–H and O–H groups in total. The zero-order chi connectivity index (χ0) is 11.7. The van der Waals surface area contributed by atoms with Gasteiger partial charge in [-0.25, -0.2) is 0 Å².